The first-order chi connectivity index (χ1) is 34.7. The molecule has 70 heavy (non-hydrogen) atoms. The van der Waals surface area contributed by atoms with Crippen LogP contribution in [0.5, 0.6) is 0 Å². The van der Waals surface area contributed by atoms with Crippen molar-refractivity contribution in [2.75, 3.05) is 0 Å². The molecule has 0 spiro atoms. The molecule has 0 nitrogen and oxygen atoms in total. The van der Waals surface area contributed by atoms with Crippen LogP contribution in [-0.4, -0.2) is 0 Å². The summed E-state index contributed by atoms with van der Waals surface area (Å²) in [6.07, 6.45) is 0. The van der Waals surface area contributed by atoms with Crippen LogP contribution in [0.4, 0.5) is 0 Å². The Morgan fingerprint density at radius 1 is 0.129 bits per heavy atom. The molecule has 0 aliphatic rings. The predicted octanol–water partition coefficient (Wildman–Crippen LogP) is 19.9. The molecule has 0 saturated heterocycles. The second-order valence-electron chi connectivity index (χ2n) is 19.8. The van der Waals surface area contributed by atoms with E-state index < -0.39 is 0 Å². The highest BCUT2D eigenvalue weighted by atomic mass is 14.3. The van der Waals surface area contributed by atoms with Gasteiger partial charge in [-0.25, -0.2) is 0 Å². The first kappa shape index (κ1) is 37.0. The fraction of sp³-hybridized carbons (Fsp3) is 0. The monoisotopic (exact) mass is 878 g/mol. The van der Waals surface area contributed by atoms with Crippen LogP contribution in [0.2, 0.25) is 0 Å². The molecular formula is C70H38. The smallest absolute Gasteiger partial charge is 0.00206 e. The van der Waals surface area contributed by atoms with Crippen LogP contribution in [-0.2, 0) is 0 Å². The Bertz CT molecular complexity index is 4350. The molecule has 17 aromatic rings. The normalized spacial score (nSPS) is 12.6. The Morgan fingerprint density at radius 2 is 0.300 bits per heavy atom. The van der Waals surface area contributed by atoms with Crippen LogP contribution in [0.3, 0.4) is 0 Å². The summed E-state index contributed by atoms with van der Waals surface area (Å²) < 4.78 is 0. The van der Waals surface area contributed by atoms with Crippen molar-refractivity contribution < 1.29 is 0 Å². The lowest BCUT2D eigenvalue weighted by atomic mass is 9.79. The van der Waals surface area contributed by atoms with Crippen molar-refractivity contribution in [2.45, 2.75) is 0 Å². The molecule has 17 rings (SSSR count). The summed E-state index contributed by atoms with van der Waals surface area (Å²) in [4.78, 5) is 0. The van der Waals surface area contributed by atoms with Gasteiger partial charge in [0.15, 0.2) is 0 Å². The Morgan fingerprint density at radius 3 is 0.514 bits per heavy atom. The lowest BCUT2D eigenvalue weighted by molar-refractivity contribution is 1.60. The second-order valence-corrected chi connectivity index (χ2v) is 19.8. The van der Waals surface area contributed by atoms with E-state index in [0.717, 1.165) is 0 Å². The number of hydrogen-bond donors (Lipinski definition) is 0. The van der Waals surface area contributed by atoms with Crippen molar-refractivity contribution >= 4 is 129 Å². The van der Waals surface area contributed by atoms with Gasteiger partial charge < -0.3 is 0 Å². The molecule has 0 amide bonds. The van der Waals surface area contributed by atoms with Gasteiger partial charge in [-0.1, -0.05) is 218 Å². The van der Waals surface area contributed by atoms with Gasteiger partial charge in [-0.05, 0) is 186 Å². The van der Waals surface area contributed by atoms with Gasteiger partial charge >= 0.3 is 0 Å². The van der Waals surface area contributed by atoms with Crippen LogP contribution in [0.25, 0.3) is 174 Å². The van der Waals surface area contributed by atoms with Crippen LogP contribution in [0, 0.1) is 0 Å². The third-order valence-corrected chi connectivity index (χ3v) is 16.4. The van der Waals surface area contributed by atoms with E-state index in [1.165, 1.54) is 174 Å². The van der Waals surface area contributed by atoms with Crippen molar-refractivity contribution in [3.63, 3.8) is 0 Å². The van der Waals surface area contributed by atoms with E-state index in [1.807, 2.05) is 0 Å². The highest BCUT2D eigenvalue weighted by Crippen LogP contribution is 2.52. The SMILES string of the molecule is c1cc2ccc3ccc(-c4cc(-c5ccc6ccc7cccc8ccc5c6c78)c(-c5ccc6ccc7cccc8ccc5c6c78)cc4-c4ccc5ccc6cccc7ccc4c5c67)c4ccc(c1)c2c34. The van der Waals surface area contributed by atoms with E-state index >= 15 is 0 Å². The van der Waals surface area contributed by atoms with Gasteiger partial charge in [-0.15, -0.1) is 0 Å². The molecule has 0 radical (unpaired) electrons. The lowest BCUT2D eigenvalue weighted by Gasteiger charge is -2.24. The van der Waals surface area contributed by atoms with E-state index in [1.54, 1.807) is 0 Å². The molecule has 0 heteroatoms. The third-order valence-electron chi connectivity index (χ3n) is 16.4. The second kappa shape index (κ2) is 13.3. The molecule has 0 aliphatic carbocycles. The highest BCUT2D eigenvalue weighted by Gasteiger charge is 2.25. The van der Waals surface area contributed by atoms with E-state index in [-0.39, 0.29) is 0 Å². The van der Waals surface area contributed by atoms with Crippen molar-refractivity contribution in [1.29, 1.82) is 0 Å². The summed E-state index contributed by atoms with van der Waals surface area (Å²) >= 11 is 0. The van der Waals surface area contributed by atoms with Crippen LogP contribution in [0.15, 0.2) is 231 Å². The van der Waals surface area contributed by atoms with Crippen molar-refractivity contribution in [1.82, 2.24) is 0 Å². The minimum atomic E-state index is 1.23. The van der Waals surface area contributed by atoms with Crippen LogP contribution >= 0.6 is 0 Å². The van der Waals surface area contributed by atoms with Gasteiger partial charge in [-0.3, -0.25) is 0 Å². The molecule has 0 heterocycles. The first-order valence-corrected chi connectivity index (χ1v) is 24.6. The zero-order chi connectivity index (χ0) is 45.3. The first-order valence-electron chi connectivity index (χ1n) is 24.6. The van der Waals surface area contributed by atoms with Gasteiger partial charge in [0, 0.05) is 0 Å². The number of rotatable bonds is 4. The predicted molar refractivity (Wildman–Crippen MR) is 303 cm³/mol. The molecule has 318 valence electrons. The molecule has 0 aliphatic heterocycles. The van der Waals surface area contributed by atoms with Crippen molar-refractivity contribution in [3.05, 3.63) is 231 Å². The summed E-state index contributed by atoms with van der Waals surface area (Å²) in [5.74, 6) is 0. The Labute approximate surface area is 402 Å². The summed E-state index contributed by atoms with van der Waals surface area (Å²) in [7, 11) is 0. The summed E-state index contributed by atoms with van der Waals surface area (Å²) in [6.45, 7) is 0. The van der Waals surface area contributed by atoms with Gasteiger partial charge in [0.1, 0.15) is 0 Å². The van der Waals surface area contributed by atoms with E-state index in [9.17, 15) is 0 Å². The average Bonchev–Trinajstić information content (AvgIpc) is 3.42. The number of benzene rings is 17. The fourth-order valence-electron chi connectivity index (χ4n) is 13.4. The minimum Gasteiger partial charge on any atom is -0.0610 e. The maximum Gasteiger partial charge on any atom is -0.00206 e. The van der Waals surface area contributed by atoms with Crippen LogP contribution < -0.4 is 0 Å². The van der Waals surface area contributed by atoms with E-state index in [0.29, 0.717) is 0 Å². The molecule has 17 aromatic carbocycles. The molecule has 0 N–H and O–H groups in total. The summed E-state index contributed by atoms with van der Waals surface area (Å²) in [6, 6.07) is 88.4. The maximum absolute atomic E-state index is 2.58. The van der Waals surface area contributed by atoms with Gasteiger partial charge in [0.05, 0.1) is 0 Å². The van der Waals surface area contributed by atoms with E-state index in [4.69, 9.17) is 0 Å². The lowest BCUT2D eigenvalue weighted by Crippen LogP contribution is -1.97. The Kier molecular flexibility index (Phi) is 7.03. The van der Waals surface area contributed by atoms with Crippen molar-refractivity contribution in [2.24, 2.45) is 0 Å². The quantitative estimate of drug-likeness (QED) is 0.155. The minimum absolute atomic E-state index is 1.23. The summed E-state index contributed by atoms with van der Waals surface area (Å²) in [5, 5.41) is 31.0. The standard InChI is InChI=1S/C70H38/c1-5-39-13-17-47-21-29-51(55-33-25-43(9-1)63(39)67(47)55)59-37-61(53-31-23-49-19-15-41-7-3-11-45-27-35-57(53)69(49)65(41)45)62(54-32-24-50-20-16-42-8-4-12-46-28-36-58(54)70(50)66(42)46)38-60(59)52-30-22-48-18-14-40-6-2-10-44-26-34-56(52)68(48)64(40)44/h1-38H. The molecular weight excluding hydrogens is 841 g/mol. The van der Waals surface area contributed by atoms with Gasteiger partial charge in [-0.2, -0.15) is 0 Å². The molecule has 0 aromatic heterocycles. The highest BCUT2D eigenvalue weighted by molar-refractivity contribution is 6.31. The van der Waals surface area contributed by atoms with Crippen LogP contribution in [0.1, 0.15) is 0 Å². The largest absolute Gasteiger partial charge is 0.0610 e. The van der Waals surface area contributed by atoms with Gasteiger partial charge in [0.2, 0.25) is 0 Å². The average molecular weight is 879 g/mol. The molecule has 0 atom stereocenters. The molecule has 0 fully saturated rings. The third kappa shape index (κ3) is 4.80. The maximum atomic E-state index is 2.58. The van der Waals surface area contributed by atoms with E-state index in [2.05, 4.69) is 231 Å². The Hall–Kier alpha value is -9.10. The fourth-order valence-corrected chi connectivity index (χ4v) is 13.4. The molecule has 0 unspecified atom stereocenters. The molecule has 0 saturated carbocycles. The topological polar surface area (TPSA) is 0 Å². The zero-order valence-corrected chi connectivity index (χ0v) is 37.9. The molecule has 0 bridgehead atoms. The van der Waals surface area contributed by atoms with Gasteiger partial charge in [0.25, 0.3) is 0 Å². The zero-order valence-electron chi connectivity index (χ0n) is 37.9. The Balaban J connectivity index is 1.07. The summed E-state index contributed by atoms with van der Waals surface area (Å²) in [5.41, 5.74) is 9.90. The number of hydrogen-bond acceptors (Lipinski definition) is 0. The van der Waals surface area contributed by atoms with Crippen molar-refractivity contribution in [3.8, 4) is 44.5 Å².